The summed E-state index contributed by atoms with van der Waals surface area (Å²) in [6.45, 7) is -1.17. The first kappa shape index (κ1) is 18.2. The van der Waals surface area contributed by atoms with E-state index in [2.05, 4.69) is 25.7 Å². The van der Waals surface area contributed by atoms with Crippen molar-refractivity contribution in [3.8, 4) is 11.3 Å². The fraction of sp³-hybridized carbons (Fsp3) is 0.333. The molecule has 28 heavy (non-hydrogen) atoms. The normalized spacial score (nSPS) is 14.3. The second-order valence-electron chi connectivity index (χ2n) is 6.66. The predicted molar refractivity (Wildman–Crippen MR) is 97.7 cm³/mol. The van der Waals surface area contributed by atoms with Gasteiger partial charge in [-0.3, -0.25) is 9.48 Å². The van der Waals surface area contributed by atoms with Gasteiger partial charge in [-0.2, -0.15) is 18.3 Å². The molecule has 0 atom stereocenters. The molecule has 0 unspecified atom stereocenters. The number of amides is 1. The van der Waals surface area contributed by atoms with Crippen molar-refractivity contribution in [1.82, 2.24) is 19.7 Å². The van der Waals surface area contributed by atoms with E-state index in [0.29, 0.717) is 33.7 Å². The Hall–Kier alpha value is -3.17. The van der Waals surface area contributed by atoms with Crippen molar-refractivity contribution >= 4 is 28.3 Å². The van der Waals surface area contributed by atoms with Crippen LogP contribution in [-0.2, 0) is 11.3 Å². The molecule has 0 bridgehead atoms. The highest BCUT2D eigenvalue weighted by Gasteiger charge is 2.30. The Bertz CT molecular complexity index is 1040. The first-order chi connectivity index (χ1) is 13.3. The molecule has 0 aliphatic heterocycles. The molecule has 146 valence electrons. The number of carbonyl (C=O) groups excluding carboxylic acids is 1. The number of nitrogens with one attached hydrogen (secondary N) is 2. The van der Waals surface area contributed by atoms with Gasteiger partial charge in [0, 0.05) is 47.9 Å². The van der Waals surface area contributed by atoms with Gasteiger partial charge in [0.2, 0.25) is 5.91 Å². The molecule has 1 saturated carbocycles. The SMILES string of the molecule is CNc1ncc(-c2ccn(CC(F)(F)F)n2)c2cc(NC(=O)C3CC3)ncc12. The second kappa shape index (κ2) is 6.77. The second-order valence-corrected chi connectivity index (χ2v) is 6.66. The average molecular weight is 390 g/mol. The quantitative estimate of drug-likeness (QED) is 0.697. The van der Waals surface area contributed by atoms with E-state index < -0.39 is 12.7 Å². The van der Waals surface area contributed by atoms with E-state index >= 15 is 0 Å². The smallest absolute Gasteiger partial charge is 0.373 e. The lowest BCUT2D eigenvalue weighted by atomic mass is 10.1. The Balaban J connectivity index is 1.75. The van der Waals surface area contributed by atoms with Crippen LogP contribution in [0.5, 0.6) is 0 Å². The van der Waals surface area contributed by atoms with Crippen LogP contribution in [0.25, 0.3) is 22.0 Å². The molecule has 10 heteroatoms. The van der Waals surface area contributed by atoms with Crippen LogP contribution in [0.3, 0.4) is 0 Å². The largest absolute Gasteiger partial charge is 0.408 e. The molecule has 1 fully saturated rings. The summed E-state index contributed by atoms with van der Waals surface area (Å²) in [5.74, 6) is 0.903. The number of hydrogen-bond acceptors (Lipinski definition) is 5. The summed E-state index contributed by atoms with van der Waals surface area (Å²) in [7, 11) is 1.71. The third kappa shape index (κ3) is 3.75. The third-order valence-corrected chi connectivity index (χ3v) is 4.47. The van der Waals surface area contributed by atoms with Crippen LogP contribution >= 0.6 is 0 Å². The molecule has 3 heterocycles. The summed E-state index contributed by atoms with van der Waals surface area (Å²) in [5.41, 5.74) is 0.911. The van der Waals surface area contributed by atoms with Gasteiger partial charge < -0.3 is 10.6 Å². The van der Waals surface area contributed by atoms with Crippen molar-refractivity contribution in [2.24, 2.45) is 5.92 Å². The molecular formula is C18H17F3N6O. The molecule has 0 saturated heterocycles. The minimum absolute atomic E-state index is 0.0281. The summed E-state index contributed by atoms with van der Waals surface area (Å²) >= 11 is 0. The number of pyridine rings is 2. The zero-order valence-electron chi connectivity index (χ0n) is 14.9. The van der Waals surface area contributed by atoms with Gasteiger partial charge in [-0.05, 0) is 25.0 Å². The van der Waals surface area contributed by atoms with Gasteiger partial charge in [-0.1, -0.05) is 0 Å². The van der Waals surface area contributed by atoms with Crippen LogP contribution < -0.4 is 10.6 Å². The molecular weight excluding hydrogens is 373 g/mol. The van der Waals surface area contributed by atoms with Gasteiger partial charge in [0.25, 0.3) is 0 Å². The van der Waals surface area contributed by atoms with Crippen LogP contribution in [0, 0.1) is 5.92 Å². The van der Waals surface area contributed by atoms with Crippen molar-refractivity contribution in [2.45, 2.75) is 25.6 Å². The van der Waals surface area contributed by atoms with Crippen LogP contribution in [0.4, 0.5) is 24.8 Å². The maximum absolute atomic E-state index is 12.6. The molecule has 0 radical (unpaired) electrons. The van der Waals surface area contributed by atoms with E-state index in [9.17, 15) is 18.0 Å². The predicted octanol–water partition coefficient (Wildman–Crippen LogP) is 3.45. The van der Waals surface area contributed by atoms with E-state index in [0.717, 1.165) is 17.5 Å². The molecule has 0 spiro atoms. The summed E-state index contributed by atoms with van der Waals surface area (Å²) in [5, 5.41) is 11.1. The van der Waals surface area contributed by atoms with E-state index in [1.54, 1.807) is 25.5 Å². The van der Waals surface area contributed by atoms with E-state index in [4.69, 9.17) is 0 Å². The molecule has 1 aliphatic carbocycles. The van der Waals surface area contributed by atoms with Crippen molar-refractivity contribution in [3.63, 3.8) is 0 Å². The van der Waals surface area contributed by atoms with Crippen LogP contribution in [-0.4, -0.2) is 38.9 Å². The summed E-state index contributed by atoms with van der Waals surface area (Å²) < 4.78 is 38.7. The van der Waals surface area contributed by atoms with Gasteiger partial charge in [0.05, 0.1) is 5.69 Å². The summed E-state index contributed by atoms with van der Waals surface area (Å²) in [6.07, 6.45) is 1.78. The maximum atomic E-state index is 12.6. The minimum atomic E-state index is -4.36. The van der Waals surface area contributed by atoms with Gasteiger partial charge in [0.15, 0.2) is 0 Å². The fourth-order valence-electron chi connectivity index (χ4n) is 2.96. The lowest BCUT2D eigenvalue weighted by Crippen LogP contribution is -2.17. The number of nitrogens with zero attached hydrogens (tertiary/aromatic N) is 4. The van der Waals surface area contributed by atoms with Crippen molar-refractivity contribution in [2.75, 3.05) is 17.7 Å². The van der Waals surface area contributed by atoms with Crippen LogP contribution in [0.1, 0.15) is 12.8 Å². The van der Waals surface area contributed by atoms with E-state index in [1.807, 2.05) is 0 Å². The minimum Gasteiger partial charge on any atom is -0.373 e. The Morgan fingerprint density at radius 1 is 1.25 bits per heavy atom. The molecule has 3 aromatic heterocycles. The lowest BCUT2D eigenvalue weighted by Gasteiger charge is -2.11. The molecule has 3 aromatic rings. The van der Waals surface area contributed by atoms with Crippen molar-refractivity contribution < 1.29 is 18.0 Å². The third-order valence-electron chi connectivity index (χ3n) is 4.47. The Labute approximate surface area is 158 Å². The van der Waals surface area contributed by atoms with E-state index in [1.165, 1.54) is 12.3 Å². The van der Waals surface area contributed by atoms with Gasteiger partial charge in [-0.25, -0.2) is 9.97 Å². The van der Waals surface area contributed by atoms with E-state index in [-0.39, 0.29) is 11.8 Å². The summed E-state index contributed by atoms with van der Waals surface area (Å²) in [4.78, 5) is 20.6. The fourth-order valence-corrected chi connectivity index (χ4v) is 2.96. The number of carbonyl (C=O) groups is 1. The maximum Gasteiger partial charge on any atom is 0.408 e. The monoisotopic (exact) mass is 390 g/mol. The first-order valence-electron chi connectivity index (χ1n) is 8.72. The first-order valence-corrected chi connectivity index (χ1v) is 8.72. The zero-order valence-corrected chi connectivity index (χ0v) is 14.9. The van der Waals surface area contributed by atoms with Crippen molar-refractivity contribution in [1.29, 1.82) is 0 Å². The molecule has 2 N–H and O–H groups in total. The number of halogens is 3. The van der Waals surface area contributed by atoms with Crippen LogP contribution in [0.15, 0.2) is 30.7 Å². The number of hydrogen-bond donors (Lipinski definition) is 2. The number of alkyl halides is 3. The Kier molecular flexibility index (Phi) is 4.40. The Morgan fingerprint density at radius 2 is 2.04 bits per heavy atom. The molecule has 4 rings (SSSR count). The Morgan fingerprint density at radius 3 is 2.71 bits per heavy atom. The molecule has 7 nitrogen and oxygen atoms in total. The highest BCUT2D eigenvalue weighted by Crippen LogP contribution is 2.33. The standard InChI is InChI=1S/C18H17F3N6O/c1-22-16-13-8-23-15(25-17(28)10-2-3-10)6-11(13)12(7-24-16)14-4-5-27(26-14)9-18(19,20)21/h4-8,10H,2-3,9H2,1H3,(H,22,24)(H,23,25,28). The number of fused-ring (bicyclic) bond motifs is 1. The molecule has 0 aromatic carbocycles. The highest BCUT2D eigenvalue weighted by molar-refractivity contribution is 6.03. The number of anilines is 2. The number of rotatable bonds is 5. The van der Waals surface area contributed by atoms with Crippen LogP contribution in [0.2, 0.25) is 0 Å². The van der Waals surface area contributed by atoms with Gasteiger partial charge in [-0.15, -0.1) is 0 Å². The topological polar surface area (TPSA) is 84.7 Å². The average Bonchev–Trinajstić information content (AvgIpc) is 3.40. The number of aromatic nitrogens is 4. The van der Waals surface area contributed by atoms with Gasteiger partial charge in [0.1, 0.15) is 18.2 Å². The lowest BCUT2D eigenvalue weighted by molar-refractivity contribution is -0.142. The van der Waals surface area contributed by atoms with Crippen molar-refractivity contribution in [3.05, 3.63) is 30.7 Å². The highest BCUT2D eigenvalue weighted by atomic mass is 19.4. The molecule has 1 amide bonds. The zero-order chi connectivity index (χ0) is 19.9. The summed E-state index contributed by atoms with van der Waals surface area (Å²) in [6, 6.07) is 3.19. The van der Waals surface area contributed by atoms with Gasteiger partial charge >= 0.3 is 6.18 Å². The molecule has 1 aliphatic rings.